The fourth-order valence-corrected chi connectivity index (χ4v) is 1.73. The molecular formula is C6H6Br2N2O. The molecule has 0 saturated carbocycles. The lowest BCUT2D eigenvalue weighted by atomic mass is 10.4. The Morgan fingerprint density at radius 3 is 2.82 bits per heavy atom. The van der Waals surface area contributed by atoms with Crippen LogP contribution in [0.5, 0.6) is 0 Å². The minimum absolute atomic E-state index is 0.313. The quantitative estimate of drug-likeness (QED) is 0.844. The topological polar surface area (TPSA) is 48.1 Å². The Kier molecular flexibility index (Phi) is 3.45. The van der Waals surface area contributed by atoms with Crippen LogP contribution < -0.4 is 5.90 Å². The van der Waals surface area contributed by atoms with Crippen molar-refractivity contribution >= 4 is 31.9 Å². The molecule has 5 heteroatoms. The summed E-state index contributed by atoms with van der Waals surface area (Å²) in [5.74, 6) is 4.89. The zero-order valence-corrected chi connectivity index (χ0v) is 8.72. The van der Waals surface area contributed by atoms with Gasteiger partial charge in [-0.1, -0.05) is 0 Å². The molecule has 1 rings (SSSR count). The molecule has 0 radical (unpaired) electrons. The van der Waals surface area contributed by atoms with E-state index in [1.807, 2.05) is 6.07 Å². The lowest BCUT2D eigenvalue weighted by Gasteiger charge is -2.00. The Bertz CT molecular complexity index is 254. The molecular weight excluding hydrogens is 276 g/mol. The molecule has 0 amide bonds. The summed E-state index contributed by atoms with van der Waals surface area (Å²) in [4.78, 5) is 8.51. The van der Waals surface area contributed by atoms with Gasteiger partial charge in [0.15, 0.2) is 0 Å². The van der Waals surface area contributed by atoms with E-state index in [0.29, 0.717) is 6.61 Å². The lowest BCUT2D eigenvalue weighted by molar-refractivity contribution is 0.121. The maximum Gasteiger partial charge on any atom is 0.111 e. The molecule has 0 aliphatic heterocycles. The Morgan fingerprint density at radius 1 is 1.55 bits per heavy atom. The number of nitrogens with two attached hydrogens (primary N) is 1. The maximum absolute atomic E-state index is 4.89. The van der Waals surface area contributed by atoms with Crippen molar-refractivity contribution in [2.24, 2.45) is 5.90 Å². The fraction of sp³-hybridized carbons (Fsp3) is 0.167. The minimum atomic E-state index is 0.313. The second-order valence-corrected chi connectivity index (χ2v) is 3.66. The van der Waals surface area contributed by atoms with Gasteiger partial charge in [-0.05, 0) is 37.9 Å². The van der Waals surface area contributed by atoms with Crippen molar-refractivity contribution in [2.45, 2.75) is 6.61 Å². The van der Waals surface area contributed by atoms with E-state index >= 15 is 0 Å². The first-order valence-electron chi connectivity index (χ1n) is 2.85. The van der Waals surface area contributed by atoms with E-state index in [-0.39, 0.29) is 0 Å². The molecule has 3 nitrogen and oxygen atoms in total. The van der Waals surface area contributed by atoms with E-state index in [0.717, 1.165) is 14.6 Å². The summed E-state index contributed by atoms with van der Waals surface area (Å²) in [6.07, 6.45) is 1.69. The summed E-state index contributed by atoms with van der Waals surface area (Å²) >= 11 is 6.60. The average Bonchev–Trinajstić information content (AvgIpc) is 1.95. The third kappa shape index (κ3) is 2.52. The van der Waals surface area contributed by atoms with Crippen LogP contribution >= 0.6 is 31.9 Å². The van der Waals surface area contributed by atoms with Gasteiger partial charge in [0.1, 0.15) is 6.61 Å². The largest absolute Gasteiger partial charge is 0.298 e. The summed E-state index contributed by atoms with van der Waals surface area (Å²) in [6.45, 7) is 0.313. The fourth-order valence-electron chi connectivity index (χ4n) is 0.628. The number of nitrogens with zero attached hydrogens (tertiary/aromatic N) is 1. The van der Waals surface area contributed by atoms with Crippen LogP contribution in [0.2, 0.25) is 0 Å². The average molecular weight is 282 g/mol. The number of pyridine rings is 1. The number of aromatic nitrogens is 1. The van der Waals surface area contributed by atoms with Crippen molar-refractivity contribution in [2.75, 3.05) is 0 Å². The third-order valence-electron chi connectivity index (χ3n) is 1.10. The van der Waals surface area contributed by atoms with Gasteiger partial charge in [-0.25, -0.2) is 5.90 Å². The summed E-state index contributed by atoms with van der Waals surface area (Å²) in [5.41, 5.74) is 0.788. The zero-order valence-electron chi connectivity index (χ0n) is 5.55. The predicted octanol–water partition coefficient (Wildman–Crippen LogP) is 2.00. The molecule has 0 atom stereocenters. The molecule has 1 aromatic heterocycles. The summed E-state index contributed by atoms with van der Waals surface area (Å²) in [7, 11) is 0. The van der Waals surface area contributed by atoms with E-state index in [1.165, 1.54) is 0 Å². The molecule has 0 aliphatic rings. The van der Waals surface area contributed by atoms with Gasteiger partial charge in [-0.3, -0.25) is 9.82 Å². The molecule has 0 aromatic carbocycles. The van der Waals surface area contributed by atoms with Crippen LogP contribution in [0.3, 0.4) is 0 Å². The summed E-state index contributed by atoms with van der Waals surface area (Å²) in [5, 5.41) is 0. The molecule has 1 heterocycles. The molecule has 0 unspecified atom stereocenters. The van der Waals surface area contributed by atoms with Crippen LogP contribution in [0.4, 0.5) is 0 Å². The second kappa shape index (κ2) is 4.15. The highest BCUT2D eigenvalue weighted by atomic mass is 79.9. The smallest absolute Gasteiger partial charge is 0.111 e. The number of hydrogen-bond acceptors (Lipinski definition) is 3. The molecule has 0 fully saturated rings. The standard InChI is InChI=1S/C6H6Br2N2O/c7-4-1-5(8)6(3-11-9)10-2-4/h1-2H,3,9H2. The van der Waals surface area contributed by atoms with Crippen LogP contribution in [0.15, 0.2) is 21.2 Å². The van der Waals surface area contributed by atoms with Crippen LogP contribution in [0, 0.1) is 0 Å². The zero-order chi connectivity index (χ0) is 8.27. The predicted molar refractivity (Wildman–Crippen MR) is 48.6 cm³/mol. The van der Waals surface area contributed by atoms with Gasteiger partial charge >= 0.3 is 0 Å². The highest BCUT2D eigenvalue weighted by molar-refractivity contribution is 9.11. The van der Waals surface area contributed by atoms with E-state index in [9.17, 15) is 0 Å². The van der Waals surface area contributed by atoms with Gasteiger partial charge in [0.05, 0.1) is 5.69 Å². The van der Waals surface area contributed by atoms with Crippen LogP contribution in [-0.4, -0.2) is 4.98 Å². The van der Waals surface area contributed by atoms with Gasteiger partial charge < -0.3 is 0 Å². The van der Waals surface area contributed by atoms with Crippen molar-refractivity contribution in [3.8, 4) is 0 Å². The van der Waals surface area contributed by atoms with Gasteiger partial charge in [0.25, 0.3) is 0 Å². The van der Waals surface area contributed by atoms with Crippen molar-refractivity contribution in [1.29, 1.82) is 0 Å². The number of hydrogen-bond donors (Lipinski definition) is 1. The molecule has 60 valence electrons. The monoisotopic (exact) mass is 280 g/mol. The van der Waals surface area contributed by atoms with E-state index in [2.05, 4.69) is 41.7 Å². The Hall–Kier alpha value is 0.0300. The number of halogens is 2. The first-order chi connectivity index (χ1) is 5.24. The summed E-state index contributed by atoms with van der Waals surface area (Å²) < 4.78 is 1.81. The highest BCUT2D eigenvalue weighted by Gasteiger charge is 2.00. The van der Waals surface area contributed by atoms with Gasteiger partial charge in [-0.2, -0.15) is 0 Å². The SMILES string of the molecule is NOCc1ncc(Br)cc1Br. The number of rotatable bonds is 2. The van der Waals surface area contributed by atoms with Crippen LogP contribution in [0.1, 0.15) is 5.69 Å². The van der Waals surface area contributed by atoms with Crippen LogP contribution in [0.25, 0.3) is 0 Å². The van der Waals surface area contributed by atoms with E-state index in [1.54, 1.807) is 6.20 Å². The normalized spacial score (nSPS) is 10.1. The molecule has 1 aromatic rings. The Morgan fingerprint density at radius 2 is 2.27 bits per heavy atom. The maximum atomic E-state index is 4.89. The van der Waals surface area contributed by atoms with Gasteiger partial charge in [0.2, 0.25) is 0 Å². The first-order valence-corrected chi connectivity index (χ1v) is 4.44. The van der Waals surface area contributed by atoms with E-state index in [4.69, 9.17) is 5.90 Å². The van der Waals surface area contributed by atoms with Crippen molar-refractivity contribution < 1.29 is 4.84 Å². The summed E-state index contributed by atoms with van der Waals surface area (Å²) in [6, 6.07) is 1.89. The molecule has 0 saturated heterocycles. The van der Waals surface area contributed by atoms with E-state index < -0.39 is 0 Å². The lowest BCUT2D eigenvalue weighted by Crippen LogP contribution is -2.01. The minimum Gasteiger partial charge on any atom is -0.298 e. The second-order valence-electron chi connectivity index (χ2n) is 1.89. The van der Waals surface area contributed by atoms with Gasteiger partial charge in [-0.15, -0.1) is 0 Å². The Labute approximate surface area is 81.2 Å². The van der Waals surface area contributed by atoms with Gasteiger partial charge in [0, 0.05) is 15.1 Å². The highest BCUT2D eigenvalue weighted by Crippen LogP contribution is 2.19. The molecule has 0 spiro atoms. The van der Waals surface area contributed by atoms with Crippen molar-refractivity contribution in [3.05, 3.63) is 26.9 Å². The van der Waals surface area contributed by atoms with Crippen molar-refractivity contribution in [1.82, 2.24) is 4.98 Å². The van der Waals surface area contributed by atoms with Crippen LogP contribution in [-0.2, 0) is 11.4 Å². The first kappa shape index (κ1) is 9.12. The molecule has 0 aliphatic carbocycles. The Balaban J connectivity index is 2.90. The molecule has 2 N–H and O–H groups in total. The van der Waals surface area contributed by atoms with Crippen molar-refractivity contribution in [3.63, 3.8) is 0 Å². The molecule has 11 heavy (non-hydrogen) atoms. The third-order valence-corrected chi connectivity index (χ3v) is 2.22. The molecule has 0 bridgehead atoms.